The lowest BCUT2D eigenvalue weighted by molar-refractivity contribution is -0.127. The van der Waals surface area contributed by atoms with Crippen LogP contribution in [0.2, 0.25) is 0 Å². The molecule has 1 rings (SSSR count). The van der Waals surface area contributed by atoms with Crippen molar-refractivity contribution in [2.24, 2.45) is 5.73 Å². The fraction of sp³-hybridized carbons (Fsp3) is 0.462. The van der Waals surface area contributed by atoms with Crippen molar-refractivity contribution < 1.29 is 14.3 Å². The van der Waals surface area contributed by atoms with Crippen LogP contribution < -0.4 is 5.73 Å². The van der Waals surface area contributed by atoms with Gasteiger partial charge in [0.2, 0.25) is 0 Å². The smallest absolute Gasteiger partial charge is 0.177 e. The summed E-state index contributed by atoms with van der Waals surface area (Å²) in [5, 5.41) is 0. The first-order valence-electron chi connectivity index (χ1n) is 5.58. The second-order valence-electron chi connectivity index (χ2n) is 3.93. The van der Waals surface area contributed by atoms with Gasteiger partial charge < -0.3 is 15.2 Å². The van der Waals surface area contributed by atoms with Crippen LogP contribution in [-0.4, -0.2) is 31.6 Å². The predicted molar refractivity (Wildman–Crippen MR) is 65.6 cm³/mol. The van der Waals surface area contributed by atoms with Gasteiger partial charge >= 0.3 is 0 Å². The van der Waals surface area contributed by atoms with Gasteiger partial charge in [0.05, 0.1) is 18.8 Å². The SMILES string of the molecule is COCC(=O)C(N)C(C)OCc1ccccc1. The highest BCUT2D eigenvalue weighted by Crippen LogP contribution is 2.05. The molecule has 1 aromatic rings. The Morgan fingerprint density at radius 3 is 2.59 bits per heavy atom. The molecule has 0 aliphatic heterocycles. The van der Waals surface area contributed by atoms with Gasteiger partial charge in [-0.1, -0.05) is 30.3 Å². The monoisotopic (exact) mass is 237 g/mol. The highest BCUT2D eigenvalue weighted by atomic mass is 16.5. The summed E-state index contributed by atoms with van der Waals surface area (Å²) in [6.07, 6.45) is -0.321. The Morgan fingerprint density at radius 1 is 1.35 bits per heavy atom. The average Bonchev–Trinajstić information content (AvgIpc) is 2.36. The number of nitrogens with two attached hydrogens (primary N) is 1. The summed E-state index contributed by atoms with van der Waals surface area (Å²) in [7, 11) is 1.47. The van der Waals surface area contributed by atoms with E-state index in [9.17, 15) is 4.79 Å². The van der Waals surface area contributed by atoms with E-state index in [0.717, 1.165) is 5.56 Å². The lowest BCUT2D eigenvalue weighted by atomic mass is 10.1. The zero-order valence-electron chi connectivity index (χ0n) is 10.3. The van der Waals surface area contributed by atoms with Crippen LogP contribution in [0.15, 0.2) is 30.3 Å². The maximum atomic E-state index is 11.5. The molecule has 4 nitrogen and oxygen atoms in total. The number of hydrogen-bond donors (Lipinski definition) is 1. The summed E-state index contributed by atoms with van der Waals surface area (Å²) >= 11 is 0. The predicted octanol–water partition coefficient (Wildman–Crippen LogP) is 1.13. The molecule has 2 unspecified atom stereocenters. The third-order valence-electron chi connectivity index (χ3n) is 2.52. The van der Waals surface area contributed by atoms with Crippen LogP contribution in [0, 0.1) is 0 Å². The number of Topliss-reactive ketones (excluding diaryl/α,β-unsaturated/α-hetero) is 1. The van der Waals surface area contributed by atoms with E-state index in [-0.39, 0.29) is 18.5 Å². The van der Waals surface area contributed by atoms with Crippen molar-refractivity contribution in [1.82, 2.24) is 0 Å². The minimum absolute atomic E-state index is 0.0280. The molecule has 2 atom stereocenters. The molecule has 17 heavy (non-hydrogen) atoms. The maximum absolute atomic E-state index is 11.5. The molecule has 1 aromatic carbocycles. The summed E-state index contributed by atoms with van der Waals surface area (Å²) in [4.78, 5) is 11.5. The Balaban J connectivity index is 2.39. The van der Waals surface area contributed by atoms with Crippen molar-refractivity contribution in [2.45, 2.75) is 25.7 Å². The molecule has 0 fully saturated rings. The quantitative estimate of drug-likeness (QED) is 0.772. The standard InChI is InChI=1S/C13H19NO3/c1-10(13(14)12(15)9-16-2)17-8-11-6-4-3-5-7-11/h3-7,10,13H,8-9,14H2,1-2H3. The van der Waals surface area contributed by atoms with Gasteiger partial charge in [-0.2, -0.15) is 0 Å². The zero-order chi connectivity index (χ0) is 12.7. The molecule has 4 heteroatoms. The second kappa shape index (κ2) is 7.17. The summed E-state index contributed by atoms with van der Waals surface area (Å²) in [6.45, 7) is 2.28. The lowest BCUT2D eigenvalue weighted by Gasteiger charge is -2.19. The van der Waals surface area contributed by atoms with Crippen LogP contribution in [0.25, 0.3) is 0 Å². The van der Waals surface area contributed by atoms with E-state index in [4.69, 9.17) is 15.2 Å². The fourth-order valence-corrected chi connectivity index (χ4v) is 1.41. The third kappa shape index (κ3) is 4.65. The van der Waals surface area contributed by atoms with Crippen LogP contribution in [-0.2, 0) is 20.9 Å². The molecule has 0 aliphatic carbocycles. The molecule has 0 spiro atoms. The molecule has 0 saturated carbocycles. The molecule has 0 aliphatic rings. The van der Waals surface area contributed by atoms with Crippen LogP contribution >= 0.6 is 0 Å². The molecular formula is C13H19NO3. The van der Waals surface area contributed by atoms with Gasteiger partial charge in [0.15, 0.2) is 5.78 Å². The van der Waals surface area contributed by atoms with Crippen molar-refractivity contribution in [3.8, 4) is 0 Å². The molecule has 0 amide bonds. The van der Waals surface area contributed by atoms with E-state index in [1.54, 1.807) is 6.92 Å². The number of rotatable bonds is 7. The number of ether oxygens (including phenoxy) is 2. The summed E-state index contributed by atoms with van der Waals surface area (Å²) in [6, 6.07) is 9.13. The van der Waals surface area contributed by atoms with Crippen LogP contribution in [0.1, 0.15) is 12.5 Å². The van der Waals surface area contributed by atoms with Crippen molar-refractivity contribution in [2.75, 3.05) is 13.7 Å². The van der Waals surface area contributed by atoms with E-state index in [1.165, 1.54) is 7.11 Å². The molecule has 94 valence electrons. The highest BCUT2D eigenvalue weighted by molar-refractivity contribution is 5.85. The van der Waals surface area contributed by atoms with E-state index >= 15 is 0 Å². The number of carbonyl (C=O) groups excluding carboxylic acids is 1. The number of methoxy groups -OCH3 is 1. The first-order chi connectivity index (χ1) is 8.15. The maximum Gasteiger partial charge on any atom is 0.177 e. The average molecular weight is 237 g/mol. The molecule has 0 saturated heterocycles. The van der Waals surface area contributed by atoms with Gasteiger partial charge in [-0.05, 0) is 12.5 Å². The van der Waals surface area contributed by atoms with Gasteiger partial charge in [-0.3, -0.25) is 4.79 Å². The summed E-state index contributed by atoms with van der Waals surface area (Å²) in [5.74, 6) is -0.145. The lowest BCUT2D eigenvalue weighted by Crippen LogP contribution is -2.43. The van der Waals surface area contributed by atoms with E-state index in [2.05, 4.69) is 0 Å². The third-order valence-corrected chi connectivity index (χ3v) is 2.52. The molecule has 2 N–H and O–H groups in total. The molecule has 0 heterocycles. The van der Waals surface area contributed by atoms with E-state index in [0.29, 0.717) is 6.61 Å². The Morgan fingerprint density at radius 2 is 2.00 bits per heavy atom. The van der Waals surface area contributed by atoms with Crippen molar-refractivity contribution in [1.29, 1.82) is 0 Å². The fourth-order valence-electron chi connectivity index (χ4n) is 1.41. The van der Waals surface area contributed by atoms with Gasteiger partial charge in [-0.25, -0.2) is 0 Å². The van der Waals surface area contributed by atoms with E-state index in [1.807, 2.05) is 30.3 Å². The van der Waals surface area contributed by atoms with Crippen LogP contribution in [0.5, 0.6) is 0 Å². The number of ketones is 1. The zero-order valence-corrected chi connectivity index (χ0v) is 10.3. The second-order valence-corrected chi connectivity index (χ2v) is 3.93. The molecular weight excluding hydrogens is 218 g/mol. The van der Waals surface area contributed by atoms with Crippen LogP contribution in [0.3, 0.4) is 0 Å². The van der Waals surface area contributed by atoms with Gasteiger partial charge in [0, 0.05) is 7.11 Å². The molecule has 0 bridgehead atoms. The first kappa shape index (κ1) is 13.8. The van der Waals surface area contributed by atoms with E-state index < -0.39 is 6.04 Å². The molecule has 0 radical (unpaired) electrons. The Kier molecular flexibility index (Phi) is 5.83. The Labute approximate surface area is 102 Å². The summed E-state index contributed by atoms with van der Waals surface area (Å²) < 4.78 is 10.3. The van der Waals surface area contributed by atoms with Crippen molar-refractivity contribution >= 4 is 5.78 Å². The van der Waals surface area contributed by atoms with Crippen LogP contribution in [0.4, 0.5) is 0 Å². The first-order valence-corrected chi connectivity index (χ1v) is 5.58. The van der Waals surface area contributed by atoms with Crippen molar-refractivity contribution in [3.05, 3.63) is 35.9 Å². The number of carbonyl (C=O) groups is 1. The Bertz CT molecular complexity index is 340. The van der Waals surface area contributed by atoms with Gasteiger partial charge in [-0.15, -0.1) is 0 Å². The van der Waals surface area contributed by atoms with Gasteiger partial charge in [0.25, 0.3) is 0 Å². The highest BCUT2D eigenvalue weighted by Gasteiger charge is 2.20. The minimum Gasteiger partial charge on any atom is -0.377 e. The largest absolute Gasteiger partial charge is 0.377 e. The molecule has 0 aromatic heterocycles. The van der Waals surface area contributed by atoms with Crippen molar-refractivity contribution in [3.63, 3.8) is 0 Å². The number of benzene rings is 1. The Hall–Kier alpha value is -1.23. The topological polar surface area (TPSA) is 61.5 Å². The van der Waals surface area contributed by atoms with Gasteiger partial charge in [0.1, 0.15) is 6.61 Å². The minimum atomic E-state index is -0.640. The normalized spacial score (nSPS) is 14.3. The number of hydrogen-bond acceptors (Lipinski definition) is 4. The summed E-state index contributed by atoms with van der Waals surface area (Å²) in [5.41, 5.74) is 6.82.